The fraction of sp³-hybridized carbons (Fsp3) is 0.412. The number of rotatable bonds is 4. The maximum absolute atomic E-state index is 12.7. The number of aromatic nitrogens is 7. The molecule has 0 unspecified atom stereocenters. The van der Waals surface area contributed by atoms with Gasteiger partial charge in [-0.05, 0) is 19.1 Å². The number of aromatic amines is 1. The number of amides is 1. The third kappa shape index (κ3) is 4.30. The Morgan fingerprint density at radius 1 is 1.20 bits per heavy atom. The molecular weight excluding hydrogens is 403 g/mol. The van der Waals surface area contributed by atoms with E-state index in [4.69, 9.17) is 0 Å². The summed E-state index contributed by atoms with van der Waals surface area (Å²) < 4.78 is 39.1. The first-order chi connectivity index (χ1) is 14.3. The Bertz CT molecular complexity index is 1020. The second-order valence-corrected chi connectivity index (χ2v) is 6.86. The van der Waals surface area contributed by atoms with Crippen molar-refractivity contribution in [3.8, 4) is 5.82 Å². The van der Waals surface area contributed by atoms with Crippen molar-refractivity contribution < 1.29 is 18.0 Å². The topological polar surface area (TPSA) is 109 Å². The number of carbonyl (C=O) groups is 1. The van der Waals surface area contributed by atoms with E-state index < -0.39 is 11.7 Å². The van der Waals surface area contributed by atoms with E-state index in [1.807, 2.05) is 6.92 Å². The number of hydrogen-bond donors (Lipinski definition) is 1. The van der Waals surface area contributed by atoms with Crippen LogP contribution < -0.4 is 0 Å². The van der Waals surface area contributed by atoms with Crippen molar-refractivity contribution in [2.24, 2.45) is 0 Å². The summed E-state index contributed by atoms with van der Waals surface area (Å²) in [7, 11) is 0. The molecule has 4 heterocycles. The van der Waals surface area contributed by atoms with Gasteiger partial charge in [0.2, 0.25) is 0 Å². The summed E-state index contributed by atoms with van der Waals surface area (Å²) in [6.07, 6.45) is -2.39. The Labute approximate surface area is 168 Å². The van der Waals surface area contributed by atoms with Crippen LogP contribution in [-0.4, -0.2) is 77.0 Å². The highest BCUT2D eigenvalue weighted by Gasteiger charge is 2.31. The molecule has 4 rings (SSSR count). The number of alkyl halides is 3. The molecule has 0 bridgehead atoms. The molecule has 10 nitrogen and oxygen atoms in total. The van der Waals surface area contributed by atoms with Crippen molar-refractivity contribution in [1.29, 1.82) is 0 Å². The first-order valence-corrected chi connectivity index (χ1v) is 9.15. The molecule has 3 aromatic rings. The van der Waals surface area contributed by atoms with Gasteiger partial charge in [-0.15, -0.1) is 5.10 Å². The lowest BCUT2D eigenvalue weighted by Crippen LogP contribution is -2.48. The standard InChI is InChI=1S/C17H18F3N9O/c1-11-22-14(25-23-11)10-27-4-6-28(7-5-27)16(30)13-9-29(26-24-13)15-3-2-12(8-21-15)17(18,19)20/h2-3,8-9H,4-7,10H2,1H3,(H,22,23,25). The summed E-state index contributed by atoms with van der Waals surface area (Å²) in [5.74, 6) is 1.31. The Kier molecular flexibility index (Phi) is 5.20. The van der Waals surface area contributed by atoms with Crippen molar-refractivity contribution >= 4 is 5.91 Å². The van der Waals surface area contributed by atoms with Crippen LogP contribution in [0.2, 0.25) is 0 Å². The Morgan fingerprint density at radius 3 is 2.57 bits per heavy atom. The molecule has 0 aromatic carbocycles. The van der Waals surface area contributed by atoms with Crippen LogP contribution >= 0.6 is 0 Å². The minimum absolute atomic E-state index is 0.106. The number of aryl methyl sites for hydroxylation is 1. The van der Waals surface area contributed by atoms with Gasteiger partial charge in [0.15, 0.2) is 17.3 Å². The average molecular weight is 421 g/mol. The molecule has 3 aromatic heterocycles. The Morgan fingerprint density at radius 2 is 1.97 bits per heavy atom. The van der Waals surface area contributed by atoms with Crippen molar-refractivity contribution in [2.45, 2.75) is 19.6 Å². The van der Waals surface area contributed by atoms with Gasteiger partial charge >= 0.3 is 6.18 Å². The lowest BCUT2D eigenvalue weighted by Gasteiger charge is -2.33. The third-order valence-corrected chi connectivity index (χ3v) is 4.69. The maximum atomic E-state index is 12.7. The highest BCUT2D eigenvalue weighted by molar-refractivity contribution is 5.92. The van der Waals surface area contributed by atoms with Gasteiger partial charge in [-0.2, -0.15) is 18.3 Å². The van der Waals surface area contributed by atoms with Crippen LogP contribution in [0.15, 0.2) is 24.5 Å². The zero-order chi connectivity index (χ0) is 21.3. The number of pyridine rings is 1. The van der Waals surface area contributed by atoms with Crippen molar-refractivity contribution in [3.63, 3.8) is 0 Å². The van der Waals surface area contributed by atoms with E-state index in [9.17, 15) is 18.0 Å². The molecule has 0 radical (unpaired) electrons. The lowest BCUT2D eigenvalue weighted by atomic mass is 10.2. The summed E-state index contributed by atoms with van der Waals surface area (Å²) >= 11 is 0. The molecule has 1 fully saturated rings. The first kappa shape index (κ1) is 19.9. The number of hydrogen-bond acceptors (Lipinski definition) is 7. The van der Waals surface area contributed by atoms with E-state index in [1.54, 1.807) is 4.90 Å². The molecule has 1 saturated heterocycles. The summed E-state index contributed by atoms with van der Waals surface area (Å²) in [4.78, 5) is 24.5. The molecule has 1 N–H and O–H groups in total. The molecule has 158 valence electrons. The quantitative estimate of drug-likeness (QED) is 0.671. The van der Waals surface area contributed by atoms with Crippen LogP contribution in [0, 0.1) is 6.92 Å². The van der Waals surface area contributed by atoms with Crippen LogP contribution in [0.5, 0.6) is 0 Å². The average Bonchev–Trinajstić information content (AvgIpc) is 3.37. The summed E-state index contributed by atoms with van der Waals surface area (Å²) in [6, 6.07) is 2.08. The van der Waals surface area contributed by atoms with E-state index in [2.05, 4.69) is 35.4 Å². The van der Waals surface area contributed by atoms with Gasteiger partial charge in [-0.1, -0.05) is 5.21 Å². The highest BCUT2D eigenvalue weighted by atomic mass is 19.4. The molecule has 0 aliphatic carbocycles. The van der Waals surface area contributed by atoms with Crippen LogP contribution in [0.1, 0.15) is 27.7 Å². The van der Waals surface area contributed by atoms with E-state index in [0.717, 1.165) is 11.9 Å². The predicted octanol–water partition coefficient (Wildman–Crippen LogP) is 1.07. The molecule has 1 aliphatic rings. The van der Waals surface area contributed by atoms with Crippen molar-refractivity contribution in [1.82, 2.24) is 45.0 Å². The largest absolute Gasteiger partial charge is 0.417 e. The van der Waals surface area contributed by atoms with E-state index in [1.165, 1.54) is 16.9 Å². The molecular formula is C17H18F3N9O. The fourth-order valence-corrected chi connectivity index (χ4v) is 3.09. The predicted molar refractivity (Wildman–Crippen MR) is 96.5 cm³/mol. The summed E-state index contributed by atoms with van der Waals surface area (Å²) in [5, 5.41) is 14.6. The lowest BCUT2D eigenvalue weighted by molar-refractivity contribution is -0.137. The maximum Gasteiger partial charge on any atom is 0.417 e. The SMILES string of the molecule is Cc1nc(CN2CCN(C(=O)c3cn(-c4ccc(C(F)(F)F)cn4)nn3)CC2)n[nH]1. The fourth-order valence-electron chi connectivity index (χ4n) is 3.09. The third-order valence-electron chi connectivity index (χ3n) is 4.69. The summed E-state index contributed by atoms with van der Waals surface area (Å²) in [5.41, 5.74) is -0.754. The second kappa shape index (κ2) is 7.82. The van der Waals surface area contributed by atoms with Gasteiger partial charge in [0, 0.05) is 32.4 Å². The molecule has 1 amide bonds. The molecule has 0 spiro atoms. The molecule has 1 aliphatic heterocycles. The number of halogens is 3. The van der Waals surface area contributed by atoms with Crippen molar-refractivity contribution in [2.75, 3.05) is 26.2 Å². The van der Waals surface area contributed by atoms with Gasteiger partial charge in [0.05, 0.1) is 18.3 Å². The van der Waals surface area contributed by atoms with Gasteiger partial charge < -0.3 is 4.90 Å². The first-order valence-electron chi connectivity index (χ1n) is 9.15. The molecule has 0 atom stereocenters. The van der Waals surface area contributed by atoms with Crippen molar-refractivity contribution in [3.05, 3.63) is 47.4 Å². The van der Waals surface area contributed by atoms with Crippen LogP contribution in [0.3, 0.4) is 0 Å². The summed E-state index contributed by atoms with van der Waals surface area (Å²) in [6.45, 7) is 4.77. The number of H-pyrrole nitrogens is 1. The van der Waals surface area contributed by atoms with Crippen LogP contribution in [0.25, 0.3) is 5.82 Å². The second-order valence-electron chi connectivity index (χ2n) is 6.86. The minimum atomic E-state index is -4.47. The Balaban J connectivity index is 1.36. The van der Waals surface area contributed by atoms with Gasteiger partial charge in [-0.3, -0.25) is 14.8 Å². The number of carbonyl (C=O) groups excluding carboxylic acids is 1. The normalized spacial score (nSPS) is 15.5. The molecule has 30 heavy (non-hydrogen) atoms. The number of piperazine rings is 1. The monoisotopic (exact) mass is 421 g/mol. The van der Waals surface area contributed by atoms with E-state index in [0.29, 0.717) is 44.7 Å². The van der Waals surface area contributed by atoms with Gasteiger partial charge in [-0.25, -0.2) is 14.6 Å². The van der Waals surface area contributed by atoms with Crippen LogP contribution in [0.4, 0.5) is 13.2 Å². The molecule has 13 heteroatoms. The number of nitrogens with one attached hydrogen (secondary N) is 1. The zero-order valence-electron chi connectivity index (χ0n) is 16.0. The molecule has 0 saturated carbocycles. The zero-order valence-corrected chi connectivity index (χ0v) is 16.0. The van der Waals surface area contributed by atoms with Gasteiger partial charge in [0.1, 0.15) is 5.82 Å². The van der Waals surface area contributed by atoms with Gasteiger partial charge in [0.25, 0.3) is 5.91 Å². The minimum Gasteiger partial charge on any atom is -0.335 e. The van der Waals surface area contributed by atoms with E-state index >= 15 is 0 Å². The highest BCUT2D eigenvalue weighted by Crippen LogP contribution is 2.28. The number of nitrogens with zero attached hydrogens (tertiary/aromatic N) is 8. The Hall–Kier alpha value is -3.35. The van der Waals surface area contributed by atoms with Crippen LogP contribution in [-0.2, 0) is 12.7 Å². The van der Waals surface area contributed by atoms with E-state index in [-0.39, 0.29) is 17.4 Å². The smallest absolute Gasteiger partial charge is 0.335 e.